The molecule has 0 bridgehead atoms. The Morgan fingerprint density at radius 1 is 1.42 bits per heavy atom. The molecule has 12 heavy (non-hydrogen) atoms. The summed E-state index contributed by atoms with van der Waals surface area (Å²) in [5.74, 6) is 2.10. The zero-order valence-corrected chi connectivity index (χ0v) is 7.87. The molecule has 0 atom stereocenters. The molecule has 1 aromatic rings. The maximum atomic E-state index is 5.47. The third-order valence-electron chi connectivity index (χ3n) is 1.93. The zero-order valence-electron chi connectivity index (χ0n) is 6.24. The van der Waals surface area contributed by atoms with Crippen LogP contribution in [0.1, 0.15) is 0 Å². The van der Waals surface area contributed by atoms with Crippen LogP contribution in [0, 0.1) is 0 Å². The van der Waals surface area contributed by atoms with Gasteiger partial charge >= 0.3 is 0 Å². The van der Waals surface area contributed by atoms with Crippen molar-refractivity contribution in [3.8, 4) is 0 Å². The Hall–Kier alpha value is -0.670. The second-order valence-electron chi connectivity index (χ2n) is 2.65. The van der Waals surface area contributed by atoms with Gasteiger partial charge in [-0.3, -0.25) is 0 Å². The number of fused-ring (bicyclic) bond motifs is 2. The van der Waals surface area contributed by atoms with E-state index in [1.807, 2.05) is 18.0 Å². The lowest BCUT2D eigenvalue weighted by atomic mass is 10.3. The summed E-state index contributed by atoms with van der Waals surface area (Å²) in [6.07, 6.45) is 3.98. The Labute approximate surface area is 78.1 Å². The van der Waals surface area contributed by atoms with E-state index in [9.17, 15) is 0 Å². The number of thiophene rings is 1. The van der Waals surface area contributed by atoms with Crippen molar-refractivity contribution < 1.29 is 4.74 Å². The molecule has 2 aliphatic rings. The van der Waals surface area contributed by atoms with Crippen LogP contribution in [0.3, 0.4) is 0 Å². The van der Waals surface area contributed by atoms with Gasteiger partial charge in [0.15, 0.2) is 0 Å². The molecule has 0 N–H and O–H groups in total. The van der Waals surface area contributed by atoms with Gasteiger partial charge in [0.05, 0.1) is 15.7 Å². The van der Waals surface area contributed by atoms with Crippen molar-refractivity contribution in [3.05, 3.63) is 33.0 Å². The lowest BCUT2D eigenvalue weighted by molar-refractivity contribution is 0.426. The lowest BCUT2D eigenvalue weighted by Crippen LogP contribution is -2.23. The molecule has 60 valence electrons. The van der Waals surface area contributed by atoms with Gasteiger partial charge in [0.2, 0.25) is 0 Å². The molecule has 0 radical (unpaired) electrons. The monoisotopic (exact) mass is 194 g/mol. The predicted molar refractivity (Wildman–Crippen MR) is 53.1 cm³/mol. The molecule has 0 saturated carbocycles. The average molecular weight is 194 g/mol. The molecule has 0 aliphatic carbocycles. The molecular weight excluding hydrogens is 188 g/mol. The van der Waals surface area contributed by atoms with Gasteiger partial charge in [-0.05, 0) is 17.5 Å². The fraction of sp³-hybridized carbons (Fsp3) is 0.111. The van der Waals surface area contributed by atoms with Crippen molar-refractivity contribution in [1.82, 2.24) is 0 Å². The molecule has 0 fully saturated rings. The van der Waals surface area contributed by atoms with Crippen LogP contribution in [0.15, 0.2) is 23.3 Å². The highest BCUT2D eigenvalue weighted by atomic mass is 32.2. The molecule has 1 aromatic heterocycles. The van der Waals surface area contributed by atoms with Gasteiger partial charge in [-0.2, -0.15) is 0 Å². The van der Waals surface area contributed by atoms with Gasteiger partial charge < -0.3 is 4.74 Å². The van der Waals surface area contributed by atoms with Crippen LogP contribution in [-0.4, -0.2) is 5.75 Å². The largest absolute Gasteiger partial charge is 0.463 e. The summed E-state index contributed by atoms with van der Waals surface area (Å²) >= 11 is 3.65. The number of hydrogen-bond donors (Lipinski definition) is 0. The molecule has 0 unspecified atom stereocenters. The van der Waals surface area contributed by atoms with E-state index in [2.05, 4.69) is 17.5 Å². The van der Waals surface area contributed by atoms with Gasteiger partial charge in [0.1, 0.15) is 5.76 Å². The van der Waals surface area contributed by atoms with E-state index < -0.39 is 0 Å². The second kappa shape index (κ2) is 2.41. The first-order chi connectivity index (χ1) is 5.95. The normalized spacial score (nSPS) is 19.0. The van der Waals surface area contributed by atoms with Crippen LogP contribution in [0.2, 0.25) is 0 Å². The van der Waals surface area contributed by atoms with Crippen LogP contribution in [0.5, 0.6) is 0 Å². The van der Waals surface area contributed by atoms with Crippen molar-refractivity contribution in [1.29, 1.82) is 0 Å². The highest BCUT2D eigenvalue weighted by molar-refractivity contribution is 8.08. The first-order valence-electron chi connectivity index (χ1n) is 3.73. The Kier molecular flexibility index (Phi) is 1.36. The number of hydrogen-bond acceptors (Lipinski definition) is 3. The molecule has 0 spiro atoms. The minimum Gasteiger partial charge on any atom is -0.463 e. The summed E-state index contributed by atoms with van der Waals surface area (Å²) in [4.78, 5) is 1.32. The van der Waals surface area contributed by atoms with E-state index in [0.29, 0.717) is 0 Å². The summed E-state index contributed by atoms with van der Waals surface area (Å²) in [5, 5.41) is 3.33. The van der Waals surface area contributed by atoms with Crippen LogP contribution >= 0.6 is 23.1 Å². The summed E-state index contributed by atoms with van der Waals surface area (Å²) < 4.78 is 6.84. The van der Waals surface area contributed by atoms with Gasteiger partial charge in [-0.25, -0.2) is 0 Å². The molecule has 0 aromatic carbocycles. The van der Waals surface area contributed by atoms with Crippen molar-refractivity contribution in [2.45, 2.75) is 0 Å². The minimum absolute atomic E-state index is 1.05. The average Bonchev–Trinajstić information content (AvgIpc) is 2.71. The summed E-state index contributed by atoms with van der Waals surface area (Å²) in [6.45, 7) is 0. The third-order valence-corrected chi connectivity index (χ3v) is 4.04. The van der Waals surface area contributed by atoms with Gasteiger partial charge in [0.25, 0.3) is 0 Å². The Morgan fingerprint density at radius 2 is 2.42 bits per heavy atom. The maximum Gasteiger partial charge on any atom is 0.138 e. The Bertz CT molecular complexity index is 467. The fourth-order valence-corrected chi connectivity index (χ4v) is 3.42. The van der Waals surface area contributed by atoms with Crippen molar-refractivity contribution in [3.63, 3.8) is 0 Å². The predicted octanol–water partition coefficient (Wildman–Crippen LogP) is 1.26. The van der Waals surface area contributed by atoms with E-state index in [1.165, 1.54) is 14.7 Å². The Morgan fingerprint density at radius 3 is 3.42 bits per heavy atom. The molecule has 2 aliphatic heterocycles. The van der Waals surface area contributed by atoms with E-state index >= 15 is 0 Å². The number of thioether (sulfide) groups is 1. The van der Waals surface area contributed by atoms with E-state index in [1.54, 1.807) is 11.3 Å². The SMILES string of the molecule is C1=C2OC=c3ccsc3=C2SC1. The molecule has 3 rings (SSSR count). The molecule has 3 heterocycles. The van der Waals surface area contributed by atoms with E-state index in [0.717, 1.165) is 11.5 Å². The van der Waals surface area contributed by atoms with E-state index in [-0.39, 0.29) is 0 Å². The summed E-state index contributed by atoms with van der Waals surface area (Å²) in [6, 6.07) is 2.10. The minimum atomic E-state index is 1.05. The molecule has 3 heteroatoms. The highest BCUT2D eigenvalue weighted by Gasteiger charge is 2.17. The molecular formula is C9H6OS2. The van der Waals surface area contributed by atoms with Crippen LogP contribution < -0.4 is 9.75 Å². The topological polar surface area (TPSA) is 9.23 Å². The highest BCUT2D eigenvalue weighted by Crippen LogP contribution is 2.33. The molecule has 0 amide bonds. The fourth-order valence-electron chi connectivity index (χ4n) is 1.37. The summed E-state index contributed by atoms with van der Waals surface area (Å²) in [5.41, 5.74) is 0. The van der Waals surface area contributed by atoms with Crippen molar-refractivity contribution >= 4 is 34.3 Å². The van der Waals surface area contributed by atoms with Crippen LogP contribution in [0.25, 0.3) is 11.2 Å². The first kappa shape index (κ1) is 6.80. The van der Waals surface area contributed by atoms with E-state index in [4.69, 9.17) is 4.74 Å². The van der Waals surface area contributed by atoms with Crippen molar-refractivity contribution in [2.24, 2.45) is 0 Å². The number of ether oxygens (including phenoxy) is 1. The maximum absolute atomic E-state index is 5.47. The van der Waals surface area contributed by atoms with Gasteiger partial charge in [-0.1, -0.05) is 0 Å². The van der Waals surface area contributed by atoms with Gasteiger partial charge in [-0.15, -0.1) is 23.1 Å². The quantitative estimate of drug-likeness (QED) is 0.615. The standard InChI is InChI=1S/C9H6OS2/c1-3-11-8-6(1)5-10-7-2-4-12-9(7)8/h1-3,5H,4H2. The van der Waals surface area contributed by atoms with Gasteiger partial charge in [0, 0.05) is 11.0 Å². The second-order valence-corrected chi connectivity index (χ2v) is 4.60. The van der Waals surface area contributed by atoms with Crippen LogP contribution in [-0.2, 0) is 4.74 Å². The Balaban J connectivity index is 2.48. The van der Waals surface area contributed by atoms with Crippen LogP contribution in [0.4, 0.5) is 0 Å². The number of rotatable bonds is 0. The smallest absolute Gasteiger partial charge is 0.138 e. The lowest BCUT2D eigenvalue weighted by Gasteiger charge is -2.06. The summed E-state index contributed by atoms with van der Waals surface area (Å²) in [7, 11) is 0. The first-order valence-corrected chi connectivity index (χ1v) is 5.60. The third kappa shape index (κ3) is 0.807. The molecule has 1 nitrogen and oxygen atoms in total. The van der Waals surface area contributed by atoms with Crippen molar-refractivity contribution in [2.75, 3.05) is 5.75 Å². The zero-order chi connectivity index (χ0) is 7.97. The molecule has 0 saturated heterocycles.